The number of aromatic nitrogens is 2. The van der Waals surface area contributed by atoms with E-state index in [9.17, 15) is 9.90 Å². The topological polar surface area (TPSA) is 86.2 Å². The largest absolute Gasteiger partial charge is 0.507 e. The molecular formula is C10H7BrN2O3. The molecule has 82 valence electrons. The van der Waals surface area contributed by atoms with Crippen LogP contribution in [-0.4, -0.2) is 26.4 Å². The van der Waals surface area contributed by atoms with Crippen LogP contribution in [0.4, 0.5) is 0 Å². The summed E-state index contributed by atoms with van der Waals surface area (Å²) >= 11 is 3.16. The Kier molecular flexibility index (Phi) is 2.66. The molecule has 2 rings (SSSR count). The molecule has 0 saturated carbocycles. The van der Waals surface area contributed by atoms with E-state index in [-0.39, 0.29) is 11.3 Å². The van der Waals surface area contributed by atoms with Crippen molar-refractivity contribution in [2.24, 2.45) is 0 Å². The Bertz CT molecular complexity index is 551. The van der Waals surface area contributed by atoms with E-state index in [2.05, 4.69) is 26.1 Å². The molecule has 0 amide bonds. The molecule has 1 heterocycles. The van der Waals surface area contributed by atoms with Crippen molar-refractivity contribution in [3.63, 3.8) is 0 Å². The molecule has 1 aromatic carbocycles. The second kappa shape index (κ2) is 3.97. The maximum Gasteiger partial charge on any atom is 0.339 e. The van der Waals surface area contributed by atoms with Gasteiger partial charge >= 0.3 is 5.97 Å². The Balaban J connectivity index is 2.54. The number of halogens is 1. The zero-order chi connectivity index (χ0) is 11.7. The van der Waals surface area contributed by atoms with E-state index in [0.29, 0.717) is 15.7 Å². The fraction of sp³-hybridized carbons (Fsp3) is 0. The number of hydrogen-bond acceptors (Lipinski definition) is 3. The van der Waals surface area contributed by atoms with Gasteiger partial charge in [-0.2, -0.15) is 5.10 Å². The van der Waals surface area contributed by atoms with Crippen molar-refractivity contribution in [1.82, 2.24) is 10.2 Å². The van der Waals surface area contributed by atoms with Gasteiger partial charge in [-0.3, -0.25) is 5.10 Å². The van der Waals surface area contributed by atoms with E-state index in [1.54, 1.807) is 12.1 Å². The van der Waals surface area contributed by atoms with Gasteiger partial charge in [-0.1, -0.05) is 0 Å². The van der Waals surface area contributed by atoms with Crippen LogP contribution in [0, 0.1) is 0 Å². The molecule has 0 saturated heterocycles. The van der Waals surface area contributed by atoms with E-state index in [1.807, 2.05) is 0 Å². The number of hydrogen-bond donors (Lipinski definition) is 3. The van der Waals surface area contributed by atoms with Crippen molar-refractivity contribution in [2.45, 2.75) is 0 Å². The molecule has 0 spiro atoms. The van der Waals surface area contributed by atoms with Crippen molar-refractivity contribution in [2.75, 3.05) is 0 Å². The predicted octanol–water partition coefficient (Wildman–Crippen LogP) is 2.24. The standard InChI is InChI=1S/C10H7BrN2O3/c11-7-3-5(1-2-8(7)14)9-6(10(15)16)4-12-13-9/h1-4,14H,(H,12,13)(H,15,16). The van der Waals surface area contributed by atoms with E-state index in [4.69, 9.17) is 5.11 Å². The lowest BCUT2D eigenvalue weighted by Crippen LogP contribution is -1.96. The Morgan fingerprint density at radius 2 is 2.19 bits per heavy atom. The third-order valence-electron chi connectivity index (χ3n) is 2.11. The van der Waals surface area contributed by atoms with E-state index in [1.165, 1.54) is 12.3 Å². The first-order valence-electron chi connectivity index (χ1n) is 4.35. The van der Waals surface area contributed by atoms with E-state index < -0.39 is 5.97 Å². The summed E-state index contributed by atoms with van der Waals surface area (Å²) in [5.41, 5.74) is 1.14. The number of aromatic hydroxyl groups is 1. The molecule has 5 nitrogen and oxygen atoms in total. The summed E-state index contributed by atoms with van der Waals surface area (Å²) in [5, 5.41) is 24.6. The number of aromatic amines is 1. The monoisotopic (exact) mass is 282 g/mol. The van der Waals surface area contributed by atoms with E-state index in [0.717, 1.165) is 0 Å². The summed E-state index contributed by atoms with van der Waals surface area (Å²) in [6, 6.07) is 4.71. The SMILES string of the molecule is O=C(O)c1cn[nH]c1-c1ccc(O)c(Br)c1. The summed E-state index contributed by atoms with van der Waals surface area (Å²) < 4.78 is 0.496. The van der Waals surface area contributed by atoms with Crippen LogP contribution in [0.25, 0.3) is 11.3 Å². The molecule has 1 aromatic heterocycles. The first kappa shape index (κ1) is 10.7. The number of nitrogens with one attached hydrogen (secondary N) is 1. The third kappa shape index (κ3) is 1.79. The van der Waals surface area contributed by atoms with Crippen LogP contribution in [0.2, 0.25) is 0 Å². The molecule has 0 unspecified atom stereocenters. The number of carboxylic acids is 1. The Hall–Kier alpha value is -1.82. The number of H-pyrrole nitrogens is 1. The average molecular weight is 283 g/mol. The molecule has 16 heavy (non-hydrogen) atoms. The highest BCUT2D eigenvalue weighted by atomic mass is 79.9. The van der Waals surface area contributed by atoms with Gasteiger partial charge in [0.05, 0.1) is 16.4 Å². The summed E-state index contributed by atoms with van der Waals surface area (Å²) in [6.07, 6.45) is 1.25. The van der Waals surface area contributed by atoms with Crippen LogP contribution in [0.5, 0.6) is 5.75 Å². The third-order valence-corrected chi connectivity index (χ3v) is 2.74. The van der Waals surface area contributed by atoms with Crippen LogP contribution < -0.4 is 0 Å². The fourth-order valence-electron chi connectivity index (χ4n) is 1.33. The molecule has 6 heteroatoms. The number of phenols is 1. The number of rotatable bonds is 2. The summed E-state index contributed by atoms with van der Waals surface area (Å²) in [4.78, 5) is 10.9. The molecule has 2 aromatic rings. The second-order valence-corrected chi connectivity index (χ2v) is 3.98. The van der Waals surface area contributed by atoms with Gasteiger partial charge in [0, 0.05) is 5.56 Å². The first-order chi connectivity index (χ1) is 7.59. The highest BCUT2D eigenvalue weighted by molar-refractivity contribution is 9.10. The molecule has 0 aliphatic carbocycles. The van der Waals surface area contributed by atoms with Crippen LogP contribution in [0.15, 0.2) is 28.9 Å². The van der Waals surface area contributed by atoms with Gasteiger partial charge in [0.15, 0.2) is 0 Å². The van der Waals surface area contributed by atoms with Crippen molar-refractivity contribution < 1.29 is 15.0 Å². The van der Waals surface area contributed by atoms with Crippen molar-refractivity contribution in [3.8, 4) is 17.0 Å². The van der Waals surface area contributed by atoms with Crippen molar-refractivity contribution in [1.29, 1.82) is 0 Å². The fourth-order valence-corrected chi connectivity index (χ4v) is 1.71. The van der Waals surface area contributed by atoms with Crippen molar-refractivity contribution >= 4 is 21.9 Å². The quantitative estimate of drug-likeness (QED) is 0.789. The van der Waals surface area contributed by atoms with Gasteiger partial charge in [-0.15, -0.1) is 0 Å². The van der Waals surface area contributed by atoms with Crippen LogP contribution in [0.1, 0.15) is 10.4 Å². The lowest BCUT2D eigenvalue weighted by molar-refractivity contribution is 0.0698. The smallest absolute Gasteiger partial charge is 0.339 e. The number of phenolic OH excluding ortho intramolecular Hbond substituents is 1. The summed E-state index contributed by atoms with van der Waals surface area (Å²) in [5.74, 6) is -0.951. The molecular weight excluding hydrogens is 276 g/mol. The molecule has 0 bridgehead atoms. The molecule has 0 fully saturated rings. The maximum absolute atomic E-state index is 10.9. The Labute approximate surface area is 98.9 Å². The number of carbonyl (C=O) groups is 1. The van der Waals surface area contributed by atoms with Gasteiger partial charge in [0.2, 0.25) is 0 Å². The maximum atomic E-state index is 10.9. The van der Waals surface area contributed by atoms with Crippen molar-refractivity contribution in [3.05, 3.63) is 34.4 Å². The number of benzene rings is 1. The lowest BCUT2D eigenvalue weighted by Gasteiger charge is -2.02. The number of carboxylic acid groups (broad SMARTS) is 1. The molecule has 0 aliphatic heterocycles. The Morgan fingerprint density at radius 3 is 2.81 bits per heavy atom. The number of nitrogens with zero attached hydrogens (tertiary/aromatic N) is 1. The second-order valence-electron chi connectivity index (χ2n) is 3.13. The highest BCUT2D eigenvalue weighted by Gasteiger charge is 2.14. The minimum absolute atomic E-state index is 0.0950. The normalized spacial score (nSPS) is 10.3. The molecule has 3 N–H and O–H groups in total. The summed E-state index contributed by atoms with van der Waals surface area (Å²) in [6.45, 7) is 0. The first-order valence-corrected chi connectivity index (χ1v) is 5.14. The zero-order valence-electron chi connectivity index (χ0n) is 7.94. The minimum Gasteiger partial charge on any atom is -0.507 e. The van der Waals surface area contributed by atoms with Crippen LogP contribution in [-0.2, 0) is 0 Å². The van der Waals surface area contributed by atoms with E-state index >= 15 is 0 Å². The minimum atomic E-state index is -1.05. The van der Waals surface area contributed by atoms with Gasteiger partial charge in [-0.25, -0.2) is 4.79 Å². The van der Waals surface area contributed by atoms with Crippen LogP contribution >= 0.6 is 15.9 Å². The molecule has 0 aliphatic rings. The Morgan fingerprint density at radius 1 is 1.44 bits per heavy atom. The predicted molar refractivity (Wildman–Crippen MR) is 60.3 cm³/mol. The lowest BCUT2D eigenvalue weighted by atomic mass is 10.1. The average Bonchev–Trinajstić information content (AvgIpc) is 2.71. The van der Waals surface area contributed by atoms with Gasteiger partial charge in [0.1, 0.15) is 11.3 Å². The molecule has 0 atom stereocenters. The molecule has 0 radical (unpaired) electrons. The highest BCUT2D eigenvalue weighted by Crippen LogP contribution is 2.30. The summed E-state index contributed by atoms with van der Waals surface area (Å²) in [7, 11) is 0. The van der Waals surface area contributed by atoms with Gasteiger partial charge < -0.3 is 10.2 Å². The number of aromatic carboxylic acids is 1. The van der Waals surface area contributed by atoms with Crippen LogP contribution in [0.3, 0.4) is 0 Å². The zero-order valence-corrected chi connectivity index (χ0v) is 9.52. The van der Waals surface area contributed by atoms with Gasteiger partial charge in [-0.05, 0) is 34.1 Å². The van der Waals surface area contributed by atoms with Gasteiger partial charge in [0.25, 0.3) is 0 Å².